The van der Waals surface area contributed by atoms with Crippen LogP contribution in [0.15, 0.2) is 48.5 Å². The summed E-state index contributed by atoms with van der Waals surface area (Å²) >= 11 is 0. The van der Waals surface area contributed by atoms with Gasteiger partial charge < -0.3 is 20.8 Å². The van der Waals surface area contributed by atoms with Gasteiger partial charge in [-0.15, -0.1) is 0 Å². The Morgan fingerprint density at radius 1 is 0.615 bits per heavy atom. The van der Waals surface area contributed by atoms with Gasteiger partial charge in [0.15, 0.2) is 0 Å². The van der Waals surface area contributed by atoms with E-state index in [2.05, 4.69) is 10.6 Å². The zero-order chi connectivity index (χ0) is 19.1. The van der Waals surface area contributed by atoms with E-state index in [0.717, 1.165) is 11.1 Å². The number of aliphatic carboxylic acids is 2. The van der Waals surface area contributed by atoms with Gasteiger partial charge in [-0.25, -0.2) is 9.59 Å². The van der Waals surface area contributed by atoms with Gasteiger partial charge in [0.2, 0.25) is 0 Å². The minimum Gasteiger partial charge on any atom is -0.474 e. The lowest BCUT2D eigenvalue weighted by Gasteiger charge is -2.03. The maximum absolute atomic E-state index is 11.1. The van der Waals surface area contributed by atoms with Gasteiger partial charge in [-0.3, -0.25) is 9.59 Å². The quantitative estimate of drug-likeness (QED) is 0.490. The summed E-state index contributed by atoms with van der Waals surface area (Å²) < 4.78 is 0. The van der Waals surface area contributed by atoms with Gasteiger partial charge in [-0.1, -0.05) is 36.4 Å². The number of amides is 2. The minimum absolute atomic E-state index is 0.369. The van der Waals surface area contributed by atoms with Gasteiger partial charge in [-0.05, 0) is 35.4 Å². The first-order valence-corrected chi connectivity index (χ1v) is 7.32. The molecular formula is C18H14N2O6. The first kappa shape index (κ1) is 18.4. The molecule has 0 aliphatic rings. The number of nitrogens with one attached hydrogen (secondary N) is 2. The molecule has 0 unspecified atom stereocenters. The number of hydrogen-bond donors (Lipinski definition) is 4. The topological polar surface area (TPSA) is 133 Å². The zero-order valence-corrected chi connectivity index (χ0v) is 13.3. The molecule has 0 saturated carbocycles. The van der Waals surface area contributed by atoms with E-state index in [9.17, 15) is 19.2 Å². The molecule has 0 aliphatic heterocycles. The molecule has 0 spiro atoms. The van der Waals surface area contributed by atoms with Crippen LogP contribution in [0.1, 0.15) is 11.1 Å². The van der Waals surface area contributed by atoms with Crippen molar-refractivity contribution in [3.63, 3.8) is 0 Å². The van der Waals surface area contributed by atoms with E-state index in [1.807, 2.05) is 0 Å². The van der Waals surface area contributed by atoms with E-state index < -0.39 is 23.8 Å². The number of carbonyl (C=O) groups excluding carboxylic acids is 2. The number of benzene rings is 2. The molecule has 0 radical (unpaired) electrons. The largest absolute Gasteiger partial charge is 0.474 e. The zero-order valence-electron chi connectivity index (χ0n) is 13.3. The molecule has 2 aromatic carbocycles. The highest BCUT2D eigenvalue weighted by atomic mass is 16.4. The van der Waals surface area contributed by atoms with Crippen LogP contribution in [-0.2, 0) is 19.2 Å². The number of carboxylic acids is 2. The number of rotatable bonds is 4. The van der Waals surface area contributed by atoms with Gasteiger partial charge in [0, 0.05) is 11.4 Å². The molecule has 0 atom stereocenters. The average molecular weight is 354 g/mol. The molecule has 0 fully saturated rings. The van der Waals surface area contributed by atoms with Crippen LogP contribution in [0.2, 0.25) is 0 Å². The predicted molar refractivity (Wildman–Crippen MR) is 94.3 cm³/mol. The average Bonchev–Trinajstić information content (AvgIpc) is 2.62. The molecular weight excluding hydrogens is 340 g/mol. The van der Waals surface area contributed by atoms with Gasteiger partial charge in [-0.2, -0.15) is 0 Å². The third-order valence-corrected chi connectivity index (χ3v) is 3.19. The van der Waals surface area contributed by atoms with Crippen molar-refractivity contribution in [3.05, 3.63) is 59.7 Å². The highest BCUT2D eigenvalue weighted by Crippen LogP contribution is 2.15. The molecule has 0 heterocycles. The molecule has 4 N–H and O–H groups in total. The summed E-state index contributed by atoms with van der Waals surface area (Å²) in [5.74, 6) is -5.33. The second-order valence-corrected chi connectivity index (χ2v) is 5.10. The Morgan fingerprint density at radius 3 is 1.19 bits per heavy atom. The van der Waals surface area contributed by atoms with Gasteiger partial charge in [0.05, 0.1) is 0 Å². The standard InChI is InChI=1S/C18H14N2O6/c21-15(17(23)24)19-13-7-3-11(4-8-13)1-2-12-5-9-14(10-6-12)20-16(22)18(25)26/h1-10H,(H,19,21)(H,20,22)(H,23,24)(H,25,26)/b2-1+. The van der Waals surface area contributed by atoms with Crippen LogP contribution >= 0.6 is 0 Å². The van der Waals surface area contributed by atoms with Crippen molar-refractivity contribution in [1.29, 1.82) is 0 Å². The summed E-state index contributed by atoms with van der Waals surface area (Å²) in [5.41, 5.74) is 2.38. The molecule has 2 aromatic rings. The second-order valence-electron chi connectivity index (χ2n) is 5.10. The number of carbonyl (C=O) groups is 4. The first-order valence-electron chi connectivity index (χ1n) is 7.32. The summed E-state index contributed by atoms with van der Waals surface area (Å²) in [6.07, 6.45) is 3.60. The fourth-order valence-electron chi connectivity index (χ4n) is 1.92. The van der Waals surface area contributed by atoms with Crippen LogP contribution in [0, 0.1) is 0 Å². The lowest BCUT2D eigenvalue weighted by atomic mass is 10.1. The fourth-order valence-corrected chi connectivity index (χ4v) is 1.92. The molecule has 0 aliphatic carbocycles. The van der Waals surface area contributed by atoms with E-state index in [1.54, 1.807) is 60.7 Å². The highest BCUT2D eigenvalue weighted by Gasteiger charge is 2.11. The summed E-state index contributed by atoms with van der Waals surface area (Å²) in [5, 5.41) is 21.5. The van der Waals surface area contributed by atoms with Crippen LogP contribution in [0.3, 0.4) is 0 Å². The normalized spacial score (nSPS) is 10.3. The lowest BCUT2D eigenvalue weighted by Crippen LogP contribution is -2.21. The minimum atomic E-state index is -1.56. The SMILES string of the molecule is O=C(O)C(=O)Nc1ccc(/C=C/c2ccc(NC(=O)C(=O)O)cc2)cc1. The Labute approximate surface area is 147 Å². The number of carboxylic acid groups (broad SMARTS) is 2. The Balaban J connectivity index is 1.98. The van der Waals surface area contributed by atoms with Crippen LogP contribution in [0.5, 0.6) is 0 Å². The van der Waals surface area contributed by atoms with E-state index in [1.165, 1.54) is 0 Å². The van der Waals surface area contributed by atoms with Crippen molar-refractivity contribution in [2.24, 2.45) is 0 Å². The molecule has 0 aromatic heterocycles. The molecule has 8 heteroatoms. The van der Waals surface area contributed by atoms with E-state index in [-0.39, 0.29) is 0 Å². The van der Waals surface area contributed by atoms with Crippen LogP contribution in [0.25, 0.3) is 12.2 Å². The Bertz CT molecular complexity index is 796. The molecule has 2 rings (SSSR count). The second kappa shape index (κ2) is 8.25. The summed E-state index contributed by atoms with van der Waals surface area (Å²) in [4.78, 5) is 43.1. The smallest absolute Gasteiger partial charge is 0.394 e. The maximum atomic E-state index is 11.1. The van der Waals surface area contributed by atoms with Crippen LogP contribution < -0.4 is 10.6 Å². The highest BCUT2D eigenvalue weighted by molar-refractivity contribution is 6.36. The van der Waals surface area contributed by atoms with Gasteiger partial charge in [0.25, 0.3) is 0 Å². The first-order chi connectivity index (χ1) is 12.3. The fraction of sp³-hybridized carbons (Fsp3) is 0. The van der Waals surface area contributed by atoms with E-state index in [4.69, 9.17) is 10.2 Å². The third kappa shape index (κ3) is 5.31. The molecule has 2 amide bonds. The lowest BCUT2D eigenvalue weighted by molar-refractivity contribution is -0.147. The van der Waals surface area contributed by atoms with E-state index >= 15 is 0 Å². The summed E-state index contributed by atoms with van der Waals surface area (Å²) in [6, 6.07) is 13.1. The van der Waals surface area contributed by atoms with Crippen molar-refractivity contribution in [2.45, 2.75) is 0 Å². The summed E-state index contributed by atoms with van der Waals surface area (Å²) in [6.45, 7) is 0. The molecule has 132 valence electrons. The Kier molecular flexibility index (Phi) is 5.83. The predicted octanol–water partition coefficient (Wildman–Crippen LogP) is 1.90. The molecule has 0 saturated heterocycles. The van der Waals surface area contributed by atoms with E-state index in [0.29, 0.717) is 11.4 Å². The van der Waals surface area contributed by atoms with Crippen molar-refractivity contribution in [3.8, 4) is 0 Å². The maximum Gasteiger partial charge on any atom is 0.394 e. The molecule has 26 heavy (non-hydrogen) atoms. The number of hydrogen-bond acceptors (Lipinski definition) is 4. The third-order valence-electron chi connectivity index (χ3n) is 3.19. The summed E-state index contributed by atoms with van der Waals surface area (Å²) in [7, 11) is 0. The van der Waals surface area contributed by atoms with Crippen LogP contribution in [0.4, 0.5) is 11.4 Å². The van der Waals surface area contributed by atoms with Crippen LogP contribution in [-0.4, -0.2) is 34.0 Å². The van der Waals surface area contributed by atoms with Crippen molar-refractivity contribution < 1.29 is 29.4 Å². The Hall–Kier alpha value is -3.94. The van der Waals surface area contributed by atoms with Crippen molar-refractivity contribution in [2.75, 3.05) is 10.6 Å². The molecule has 8 nitrogen and oxygen atoms in total. The van der Waals surface area contributed by atoms with Gasteiger partial charge in [0.1, 0.15) is 0 Å². The Morgan fingerprint density at radius 2 is 0.923 bits per heavy atom. The van der Waals surface area contributed by atoms with Crippen molar-refractivity contribution >= 4 is 47.3 Å². The number of anilines is 2. The molecule has 0 bridgehead atoms. The monoisotopic (exact) mass is 354 g/mol. The van der Waals surface area contributed by atoms with Gasteiger partial charge >= 0.3 is 23.8 Å². The van der Waals surface area contributed by atoms with Crippen molar-refractivity contribution in [1.82, 2.24) is 0 Å².